The summed E-state index contributed by atoms with van der Waals surface area (Å²) in [5.74, 6) is -0.757. The Kier molecular flexibility index (Phi) is 6.23. The van der Waals surface area contributed by atoms with Crippen molar-refractivity contribution in [1.82, 2.24) is 0 Å². The average Bonchev–Trinajstić information content (AvgIpc) is 2.72. The smallest absolute Gasteiger partial charge is 0.372 e. The van der Waals surface area contributed by atoms with Crippen LogP contribution in [0.2, 0.25) is 0 Å². The first kappa shape index (κ1) is 20.5. The van der Waals surface area contributed by atoms with E-state index in [4.69, 9.17) is 0 Å². The van der Waals surface area contributed by atoms with Crippen LogP contribution in [0.25, 0.3) is 6.08 Å². The van der Waals surface area contributed by atoms with Crippen LogP contribution >= 0.6 is 0 Å². The minimum absolute atomic E-state index is 0.0218. The van der Waals surface area contributed by atoms with Gasteiger partial charge in [-0.2, -0.15) is 18.4 Å². The fourth-order valence-electron chi connectivity index (χ4n) is 3.22. The maximum atomic E-state index is 12.8. The minimum atomic E-state index is -4.51. The van der Waals surface area contributed by atoms with E-state index in [2.05, 4.69) is 10.2 Å². The van der Waals surface area contributed by atoms with Gasteiger partial charge in [-0.05, 0) is 61.2 Å². The summed E-state index contributed by atoms with van der Waals surface area (Å²) in [7, 11) is 0. The Morgan fingerprint density at radius 2 is 1.76 bits per heavy atom. The van der Waals surface area contributed by atoms with Gasteiger partial charge in [0.15, 0.2) is 0 Å². The lowest BCUT2D eigenvalue weighted by Crippen LogP contribution is -2.29. The van der Waals surface area contributed by atoms with Crippen LogP contribution in [0.3, 0.4) is 0 Å². The number of nitrogens with zero attached hydrogens (tertiary/aromatic N) is 2. The Morgan fingerprint density at radius 3 is 2.38 bits per heavy atom. The number of hydrogen-bond donors (Lipinski definition) is 1. The number of nitriles is 1. The second-order valence-corrected chi connectivity index (χ2v) is 6.84. The van der Waals surface area contributed by atoms with E-state index >= 15 is 0 Å². The van der Waals surface area contributed by atoms with E-state index in [1.54, 1.807) is 0 Å². The molecule has 1 saturated heterocycles. The maximum Gasteiger partial charge on any atom is 0.416 e. The van der Waals surface area contributed by atoms with E-state index in [1.165, 1.54) is 24.6 Å². The van der Waals surface area contributed by atoms with Gasteiger partial charge in [-0.1, -0.05) is 18.2 Å². The zero-order chi connectivity index (χ0) is 20.9. The maximum absolute atomic E-state index is 12.8. The van der Waals surface area contributed by atoms with Crippen molar-refractivity contribution >= 4 is 23.4 Å². The van der Waals surface area contributed by atoms with Gasteiger partial charge >= 0.3 is 6.18 Å². The summed E-state index contributed by atoms with van der Waals surface area (Å²) in [6.45, 7) is 2.02. The third kappa shape index (κ3) is 5.38. The third-order valence-corrected chi connectivity index (χ3v) is 4.74. The third-order valence-electron chi connectivity index (χ3n) is 4.74. The molecule has 0 aromatic heterocycles. The number of halogens is 3. The van der Waals surface area contributed by atoms with E-state index in [1.807, 2.05) is 30.3 Å². The predicted molar refractivity (Wildman–Crippen MR) is 106 cm³/mol. The monoisotopic (exact) mass is 399 g/mol. The normalized spacial score (nSPS) is 15.0. The summed E-state index contributed by atoms with van der Waals surface area (Å²) in [4.78, 5) is 14.6. The highest BCUT2D eigenvalue weighted by Crippen LogP contribution is 2.30. The highest BCUT2D eigenvalue weighted by atomic mass is 19.4. The Hall–Kier alpha value is -3.27. The summed E-state index contributed by atoms with van der Waals surface area (Å²) >= 11 is 0. The van der Waals surface area contributed by atoms with Gasteiger partial charge in [0.25, 0.3) is 5.91 Å². The van der Waals surface area contributed by atoms with E-state index in [-0.39, 0.29) is 11.3 Å². The molecule has 1 aliphatic rings. The quantitative estimate of drug-likeness (QED) is 0.565. The zero-order valence-corrected chi connectivity index (χ0v) is 15.7. The van der Waals surface area contributed by atoms with Crippen molar-refractivity contribution in [3.63, 3.8) is 0 Å². The summed E-state index contributed by atoms with van der Waals surface area (Å²) < 4.78 is 38.4. The minimum Gasteiger partial charge on any atom is -0.372 e. The number of nitrogens with one attached hydrogen (secondary N) is 1. The number of benzene rings is 2. The lowest BCUT2D eigenvalue weighted by Gasteiger charge is -2.28. The topological polar surface area (TPSA) is 56.1 Å². The molecule has 0 radical (unpaired) electrons. The molecule has 150 valence electrons. The van der Waals surface area contributed by atoms with Crippen LogP contribution in [-0.2, 0) is 11.0 Å². The van der Waals surface area contributed by atoms with Crippen LogP contribution in [-0.4, -0.2) is 19.0 Å². The highest BCUT2D eigenvalue weighted by molar-refractivity contribution is 6.09. The molecule has 0 bridgehead atoms. The number of carbonyl (C=O) groups is 1. The Labute approximate surface area is 167 Å². The van der Waals surface area contributed by atoms with E-state index in [9.17, 15) is 23.2 Å². The first-order valence-corrected chi connectivity index (χ1v) is 9.32. The molecule has 1 fully saturated rings. The Morgan fingerprint density at radius 1 is 1.07 bits per heavy atom. The van der Waals surface area contributed by atoms with Gasteiger partial charge in [-0.3, -0.25) is 4.79 Å². The largest absolute Gasteiger partial charge is 0.416 e. The number of carbonyl (C=O) groups excluding carboxylic acids is 1. The Bertz CT molecular complexity index is 937. The van der Waals surface area contributed by atoms with Crippen molar-refractivity contribution in [3.8, 4) is 6.07 Å². The molecule has 29 heavy (non-hydrogen) atoms. The molecule has 0 unspecified atom stereocenters. The van der Waals surface area contributed by atoms with Crippen LogP contribution in [0.5, 0.6) is 0 Å². The molecule has 7 heteroatoms. The molecule has 2 aromatic carbocycles. The zero-order valence-electron chi connectivity index (χ0n) is 15.7. The number of hydrogen-bond acceptors (Lipinski definition) is 3. The number of rotatable bonds is 4. The second-order valence-electron chi connectivity index (χ2n) is 6.84. The van der Waals surface area contributed by atoms with Crippen LogP contribution in [0.4, 0.5) is 24.5 Å². The van der Waals surface area contributed by atoms with Crippen LogP contribution in [0.15, 0.2) is 54.1 Å². The van der Waals surface area contributed by atoms with Crippen molar-refractivity contribution in [2.45, 2.75) is 25.4 Å². The van der Waals surface area contributed by atoms with Crippen LogP contribution in [0, 0.1) is 11.3 Å². The lowest BCUT2D eigenvalue weighted by atomic mass is 10.1. The summed E-state index contributed by atoms with van der Waals surface area (Å²) in [5.41, 5.74) is 0.681. The van der Waals surface area contributed by atoms with Crippen LogP contribution in [0.1, 0.15) is 30.4 Å². The van der Waals surface area contributed by atoms with Gasteiger partial charge in [0, 0.05) is 24.5 Å². The molecule has 1 heterocycles. The molecule has 0 aliphatic carbocycles. The van der Waals surface area contributed by atoms with Crippen molar-refractivity contribution in [2.75, 3.05) is 23.3 Å². The van der Waals surface area contributed by atoms with Gasteiger partial charge in [0.1, 0.15) is 11.6 Å². The molecular formula is C22H20F3N3O. The summed E-state index contributed by atoms with van der Waals surface area (Å²) in [5, 5.41) is 11.7. The second kappa shape index (κ2) is 8.82. The first-order valence-electron chi connectivity index (χ1n) is 9.32. The molecule has 1 aliphatic heterocycles. The number of alkyl halides is 3. The van der Waals surface area contributed by atoms with Crippen LogP contribution < -0.4 is 10.2 Å². The fourth-order valence-corrected chi connectivity index (χ4v) is 3.22. The van der Waals surface area contributed by atoms with E-state index in [0.29, 0.717) is 5.56 Å². The number of anilines is 2. The Balaban J connectivity index is 1.72. The molecule has 3 rings (SSSR count). The number of amides is 1. The first-order chi connectivity index (χ1) is 13.9. The summed E-state index contributed by atoms with van der Waals surface area (Å²) in [6.07, 6.45) is 0.476. The van der Waals surface area contributed by atoms with Crippen molar-refractivity contribution in [1.29, 1.82) is 5.26 Å². The molecule has 1 N–H and O–H groups in total. The predicted octanol–water partition coefficient (Wildman–Crippen LogP) is 5.24. The molecule has 0 atom stereocenters. The van der Waals surface area contributed by atoms with Crippen molar-refractivity contribution in [3.05, 3.63) is 65.2 Å². The van der Waals surface area contributed by atoms with Gasteiger partial charge in [0.05, 0.1) is 5.56 Å². The van der Waals surface area contributed by atoms with Gasteiger partial charge < -0.3 is 10.2 Å². The standard InChI is InChI=1S/C22H20F3N3O/c23-22(24,25)18-5-4-6-19(14-18)27-21(29)17(15-26)13-16-7-9-20(10-8-16)28-11-2-1-3-12-28/h4-10,13-14H,1-3,11-12H2,(H,27,29)/b17-13-. The fraction of sp³-hybridized carbons (Fsp3) is 0.273. The highest BCUT2D eigenvalue weighted by Gasteiger charge is 2.30. The van der Waals surface area contributed by atoms with Crippen molar-refractivity contribution < 1.29 is 18.0 Å². The number of piperidine rings is 1. The van der Waals surface area contributed by atoms with E-state index < -0.39 is 17.6 Å². The molecule has 0 saturated carbocycles. The van der Waals surface area contributed by atoms with Crippen molar-refractivity contribution in [2.24, 2.45) is 0 Å². The molecule has 1 amide bonds. The van der Waals surface area contributed by atoms with E-state index in [0.717, 1.165) is 43.8 Å². The molecule has 4 nitrogen and oxygen atoms in total. The molecule has 0 spiro atoms. The lowest BCUT2D eigenvalue weighted by molar-refractivity contribution is -0.137. The van der Waals surface area contributed by atoms with Gasteiger partial charge in [0.2, 0.25) is 0 Å². The van der Waals surface area contributed by atoms with Gasteiger partial charge in [-0.25, -0.2) is 0 Å². The average molecular weight is 399 g/mol. The SMILES string of the molecule is N#C/C(=C/c1ccc(N2CCCCC2)cc1)C(=O)Nc1cccc(C(F)(F)F)c1. The molecular weight excluding hydrogens is 379 g/mol. The summed E-state index contributed by atoms with van der Waals surface area (Å²) in [6, 6.07) is 13.6. The molecule has 2 aromatic rings. The van der Waals surface area contributed by atoms with Gasteiger partial charge in [-0.15, -0.1) is 0 Å².